The van der Waals surface area contributed by atoms with Gasteiger partial charge in [0.15, 0.2) is 0 Å². The number of benzene rings is 2. The molecular formula is C22H27NO4. The summed E-state index contributed by atoms with van der Waals surface area (Å²) in [6.45, 7) is 5.68. The number of rotatable bonds is 5. The number of aliphatic carboxylic acids is 1. The van der Waals surface area contributed by atoms with E-state index in [1.54, 1.807) is 32.4 Å². The Kier molecular flexibility index (Phi) is 5.42. The molecule has 144 valence electrons. The maximum Gasteiger partial charge on any atom is 0.325 e. The molecule has 1 heterocycles. The molecule has 1 aliphatic rings. The summed E-state index contributed by atoms with van der Waals surface area (Å²) in [6.07, 6.45) is 0.824. The maximum absolute atomic E-state index is 12.3. The van der Waals surface area contributed by atoms with Crippen LogP contribution < -0.4 is 9.47 Å². The van der Waals surface area contributed by atoms with Crippen LogP contribution in [0.5, 0.6) is 11.5 Å². The lowest BCUT2D eigenvalue weighted by molar-refractivity contribution is -0.143. The summed E-state index contributed by atoms with van der Waals surface area (Å²) in [7, 11) is 3.14. The van der Waals surface area contributed by atoms with Crippen molar-refractivity contribution in [2.45, 2.75) is 31.7 Å². The predicted molar refractivity (Wildman–Crippen MR) is 105 cm³/mol. The standard InChI is InChI=1S/C22H27NO4/c1-22(2)14-23(10-9-15-7-5-6-8-19(15)22)20(21(24)25)16-11-17(26-3)13-18(12-16)27-4/h5-8,11-13,20H,9-10,14H2,1-4H3,(H,24,25). The van der Waals surface area contributed by atoms with E-state index in [0.29, 0.717) is 30.2 Å². The zero-order valence-electron chi connectivity index (χ0n) is 16.4. The van der Waals surface area contributed by atoms with Crippen LogP contribution in [0.2, 0.25) is 0 Å². The Labute approximate surface area is 160 Å². The Morgan fingerprint density at radius 1 is 1.11 bits per heavy atom. The van der Waals surface area contributed by atoms with Gasteiger partial charge in [-0.3, -0.25) is 9.69 Å². The molecule has 0 radical (unpaired) electrons. The lowest BCUT2D eigenvalue weighted by Gasteiger charge is -2.34. The fourth-order valence-corrected chi connectivity index (χ4v) is 4.05. The van der Waals surface area contributed by atoms with Crippen LogP contribution in [-0.4, -0.2) is 43.3 Å². The minimum absolute atomic E-state index is 0.149. The lowest BCUT2D eigenvalue weighted by Crippen LogP contribution is -2.41. The zero-order valence-corrected chi connectivity index (χ0v) is 16.4. The highest BCUT2D eigenvalue weighted by atomic mass is 16.5. The number of methoxy groups -OCH3 is 2. The third-order valence-electron chi connectivity index (χ3n) is 5.30. The number of carboxylic acids is 1. The minimum Gasteiger partial charge on any atom is -0.497 e. The molecule has 0 fully saturated rings. The average molecular weight is 369 g/mol. The van der Waals surface area contributed by atoms with Gasteiger partial charge in [-0.15, -0.1) is 0 Å². The number of hydrogen-bond donors (Lipinski definition) is 1. The quantitative estimate of drug-likeness (QED) is 0.871. The van der Waals surface area contributed by atoms with Gasteiger partial charge < -0.3 is 14.6 Å². The Morgan fingerprint density at radius 3 is 2.33 bits per heavy atom. The molecule has 0 saturated heterocycles. The monoisotopic (exact) mass is 369 g/mol. The highest BCUT2D eigenvalue weighted by Crippen LogP contribution is 2.36. The second kappa shape index (κ2) is 7.61. The van der Waals surface area contributed by atoms with Crippen molar-refractivity contribution in [2.75, 3.05) is 27.3 Å². The van der Waals surface area contributed by atoms with Crippen LogP contribution in [0.25, 0.3) is 0 Å². The van der Waals surface area contributed by atoms with Crippen LogP contribution >= 0.6 is 0 Å². The summed E-state index contributed by atoms with van der Waals surface area (Å²) in [6, 6.07) is 13.0. The van der Waals surface area contributed by atoms with Crippen molar-refractivity contribution < 1.29 is 19.4 Å². The average Bonchev–Trinajstić information content (AvgIpc) is 2.77. The minimum atomic E-state index is -0.868. The first-order valence-corrected chi connectivity index (χ1v) is 9.14. The molecule has 0 aliphatic carbocycles. The number of ether oxygens (including phenoxy) is 2. The van der Waals surface area contributed by atoms with E-state index in [9.17, 15) is 9.90 Å². The summed E-state index contributed by atoms with van der Waals surface area (Å²) < 4.78 is 10.7. The second-order valence-electron chi connectivity index (χ2n) is 7.65. The second-order valence-corrected chi connectivity index (χ2v) is 7.65. The molecule has 1 aliphatic heterocycles. The Morgan fingerprint density at radius 2 is 1.74 bits per heavy atom. The van der Waals surface area contributed by atoms with Gasteiger partial charge in [-0.2, -0.15) is 0 Å². The van der Waals surface area contributed by atoms with Crippen LogP contribution in [-0.2, 0) is 16.6 Å². The fraction of sp³-hybridized carbons (Fsp3) is 0.409. The van der Waals surface area contributed by atoms with Crippen molar-refractivity contribution in [3.63, 3.8) is 0 Å². The van der Waals surface area contributed by atoms with Crippen molar-refractivity contribution in [2.24, 2.45) is 0 Å². The van der Waals surface area contributed by atoms with E-state index in [1.807, 2.05) is 6.07 Å². The maximum atomic E-state index is 12.3. The molecule has 1 atom stereocenters. The predicted octanol–water partition coefficient (Wildman–Crippen LogP) is 3.67. The SMILES string of the molecule is COc1cc(OC)cc(C(C(=O)O)N2CCc3ccccc3C(C)(C)C2)c1. The van der Waals surface area contributed by atoms with E-state index in [4.69, 9.17) is 9.47 Å². The number of hydrogen-bond acceptors (Lipinski definition) is 4. The summed E-state index contributed by atoms with van der Waals surface area (Å²) in [5.74, 6) is 0.313. The molecule has 2 aromatic rings. The van der Waals surface area contributed by atoms with Gasteiger partial charge in [0.05, 0.1) is 14.2 Å². The molecule has 5 heteroatoms. The molecule has 1 N–H and O–H groups in total. The van der Waals surface area contributed by atoms with Gasteiger partial charge in [-0.1, -0.05) is 38.1 Å². The highest BCUT2D eigenvalue weighted by molar-refractivity contribution is 5.76. The van der Waals surface area contributed by atoms with Crippen LogP contribution in [0.4, 0.5) is 0 Å². The number of fused-ring (bicyclic) bond motifs is 1. The van der Waals surface area contributed by atoms with Crippen LogP contribution in [0.15, 0.2) is 42.5 Å². The van der Waals surface area contributed by atoms with E-state index in [-0.39, 0.29) is 5.41 Å². The van der Waals surface area contributed by atoms with Crippen molar-refractivity contribution in [3.8, 4) is 11.5 Å². The first-order valence-electron chi connectivity index (χ1n) is 9.14. The molecule has 27 heavy (non-hydrogen) atoms. The van der Waals surface area contributed by atoms with Gasteiger partial charge in [0.2, 0.25) is 0 Å². The number of carbonyl (C=O) groups is 1. The lowest BCUT2D eigenvalue weighted by atomic mass is 9.81. The van der Waals surface area contributed by atoms with Gasteiger partial charge in [0.1, 0.15) is 17.5 Å². The molecule has 0 spiro atoms. The molecule has 0 aromatic heterocycles. The third kappa shape index (κ3) is 3.93. The summed E-state index contributed by atoms with van der Waals surface area (Å²) in [4.78, 5) is 14.3. The molecule has 1 unspecified atom stereocenters. The van der Waals surface area contributed by atoms with Gasteiger partial charge >= 0.3 is 5.97 Å². The van der Waals surface area contributed by atoms with E-state index in [1.165, 1.54) is 11.1 Å². The molecule has 5 nitrogen and oxygen atoms in total. The Balaban J connectivity index is 2.01. The van der Waals surface area contributed by atoms with E-state index in [0.717, 1.165) is 6.42 Å². The van der Waals surface area contributed by atoms with Crippen molar-refractivity contribution in [1.29, 1.82) is 0 Å². The summed E-state index contributed by atoms with van der Waals surface area (Å²) in [5, 5.41) is 10.1. The van der Waals surface area contributed by atoms with Crippen LogP contribution in [0, 0.1) is 0 Å². The van der Waals surface area contributed by atoms with E-state index in [2.05, 4.69) is 36.9 Å². The molecular weight excluding hydrogens is 342 g/mol. The number of nitrogens with zero attached hydrogens (tertiary/aromatic N) is 1. The van der Waals surface area contributed by atoms with Crippen LogP contribution in [0.1, 0.15) is 36.6 Å². The molecule has 0 bridgehead atoms. The van der Waals surface area contributed by atoms with Crippen molar-refractivity contribution in [3.05, 3.63) is 59.2 Å². The Bertz CT molecular complexity index is 809. The first kappa shape index (κ1) is 19.2. The Hall–Kier alpha value is -2.53. The third-order valence-corrected chi connectivity index (χ3v) is 5.30. The molecule has 2 aromatic carbocycles. The zero-order chi connectivity index (χ0) is 19.6. The molecule has 0 saturated carbocycles. The van der Waals surface area contributed by atoms with E-state index >= 15 is 0 Å². The smallest absolute Gasteiger partial charge is 0.325 e. The normalized spacial score (nSPS) is 17.5. The van der Waals surface area contributed by atoms with Gasteiger partial charge in [-0.25, -0.2) is 0 Å². The largest absolute Gasteiger partial charge is 0.497 e. The van der Waals surface area contributed by atoms with Crippen molar-refractivity contribution in [1.82, 2.24) is 4.90 Å². The fourth-order valence-electron chi connectivity index (χ4n) is 4.05. The topological polar surface area (TPSA) is 59.0 Å². The van der Waals surface area contributed by atoms with Crippen LogP contribution in [0.3, 0.4) is 0 Å². The molecule has 0 amide bonds. The van der Waals surface area contributed by atoms with E-state index < -0.39 is 12.0 Å². The summed E-state index contributed by atoms with van der Waals surface area (Å²) >= 11 is 0. The van der Waals surface area contributed by atoms with Gasteiger partial charge in [0, 0.05) is 24.6 Å². The highest BCUT2D eigenvalue weighted by Gasteiger charge is 2.36. The van der Waals surface area contributed by atoms with Crippen molar-refractivity contribution >= 4 is 5.97 Å². The number of carboxylic acid groups (broad SMARTS) is 1. The van der Waals surface area contributed by atoms with Gasteiger partial charge in [-0.05, 0) is 35.2 Å². The summed E-state index contributed by atoms with van der Waals surface area (Å²) in [5.41, 5.74) is 3.10. The molecule has 3 rings (SSSR count). The van der Waals surface area contributed by atoms with Gasteiger partial charge in [0.25, 0.3) is 0 Å². The first-order chi connectivity index (χ1) is 12.9.